The number of carbonyl (C=O) groups excluding carboxylic acids is 2. The van der Waals surface area contributed by atoms with Crippen LogP contribution in [-0.4, -0.2) is 68.6 Å². The van der Waals surface area contributed by atoms with Crippen LogP contribution in [0.15, 0.2) is 73.1 Å². The average Bonchev–Trinajstić information content (AvgIpc) is 2.89. The Morgan fingerprint density at radius 3 is 2.35 bits per heavy atom. The second kappa shape index (κ2) is 11.6. The molecule has 1 aromatic heterocycles. The number of nitrogens with zero attached hydrogens (tertiary/aromatic N) is 3. The largest absolute Gasteiger partial charge is 0.366 e. The van der Waals surface area contributed by atoms with Gasteiger partial charge in [-0.1, -0.05) is 35.9 Å². The fraction of sp³-hybridized carbons (Fsp3) is 0.269. The van der Waals surface area contributed by atoms with Crippen molar-refractivity contribution in [3.05, 3.63) is 89.2 Å². The minimum absolute atomic E-state index is 0.186. The molecule has 0 saturated carbocycles. The van der Waals surface area contributed by atoms with Gasteiger partial charge in [0.15, 0.2) is 0 Å². The predicted octanol–water partition coefficient (Wildman–Crippen LogP) is 2.80. The van der Waals surface area contributed by atoms with E-state index in [1.165, 1.54) is 6.20 Å². The third-order valence-corrected chi connectivity index (χ3v) is 6.85. The molecule has 1 saturated heterocycles. The van der Waals surface area contributed by atoms with Gasteiger partial charge in [0.1, 0.15) is 6.04 Å². The molecule has 0 unspecified atom stereocenters. The first-order valence-corrected chi connectivity index (χ1v) is 14.0. The molecule has 37 heavy (non-hydrogen) atoms. The number of anilines is 2. The Morgan fingerprint density at radius 2 is 1.70 bits per heavy atom. The van der Waals surface area contributed by atoms with Crippen molar-refractivity contribution < 1.29 is 18.0 Å². The highest BCUT2D eigenvalue weighted by molar-refractivity contribution is 7.92. The number of para-hydroxylation sites is 2. The van der Waals surface area contributed by atoms with Crippen molar-refractivity contribution in [1.82, 2.24) is 15.2 Å². The van der Waals surface area contributed by atoms with Gasteiger partial charge in [-0.25, -0.2) is 8.42 Å². The molecular formula is C26H28ClN5O4S. The molecule has 1 aliphatic rings. The zero-order chi connectivity index (χ0) is 26.4. The van der Waals surface area contributed by atoms with Crippen molar-refractivity contribution in [2.45, 2.75) is 12.5 Å². The summed E-state index contributed by atoms with van der Waals surface area (Å²) in [5.74, 6) is -0.561. The van der Waals surface area contributed by atoms with Gasteiger partial charge in [-0.05, 0) is 42.0 Å². The summed E-state index contributed by atoms with van der Waals surface area (Å²) in [5, 5.41) is 3.47. The molecule has 194 valence electrons. The van der Waals surface area contributed by atoms with Gasteiger partial charge in [-0.2, -0.15) is 0 Å². The Hall–Kier alpha value is -3.63. The Bertz CT molecular complexity index is 1340. The van der Waals surface area contributed by atoms with Gasteiger partial charge in [-0.15, -0.1) is 0 Å². The van der Waals surface area contributed by atoms with Gasteiger partial charge in [-0.3, -0.25) is 19.3 Å². The molecule has 1 aliphatic heterocycles. The summed E-state index contributed by atoms with van der Waals surface area (Å²) in [5.41, 5.74) is 2.49. The Labute approximate surface area is 221 Å². The molecule has 2 aromatic carbocycles. The molecule has 2 heterocycles. The lowest BCUT2D eigenvalue weighted by molar-refractivity contribution is -0.133. The summed E-state index contributed by atoms with van der Waals surface area (Å²) in [6, 6.07) is 16.9. The van der Waals surface area contributed by atoms with Crippen LogP contribution in [0, 0.1) is 0 Å². The molecule has 3 aromatic rings. The number of amides is 2. The third kappa shape index (κ3) is 7.21. The summed E-state index contributed by atoms with van der Waals surface area (Å²) < 4.78 is 26.1. The number of carbonyl (C=O) groups is 2. The van der Waals surface area contributed by atoms with Crippen LogP contribution in [0.3, 0.4) is 0 Å². The molecule has 1 fully saturated rings. The first kappa shape index (κ1) is 26.4. The van der Waals surface area contributed by atoms with E-state index >= 15 is 0 Å². The maximum atomic E-state index is 13.6. The quantitative estimate of drug-likeness (QED) is 0.453. The summed E-state index contributed by atoms with van der Waals surface area (Å²) in [7, 11) is -3.43. The molecule has 0 bridgehead atoms. The summed E-state index contributed by atoms with van der Waals surface area (Å²) >= 11 is 6.01. The highest BCUT2D eigenvalue weighted by atomic mass is 35.5. The normalized spacial score (nSPS) is 14.6. The maximum absolute atomic E-state index is 13.6. The van der Waals surface area contributed by atoms with Crippen LogP contribution in [0.2, 0.25) is 5.02 Å². The maximum Gasteiger partial charge on any atom is 0.253 e. The third-order valence-electron chi connectivity index (χ3n) is 6.01. The Morgan fingerprint density at radius 1 is 1.00 bits per heavy atom. The second-order valence-electron chi connectivity index (χ2n) is 8.80. The van der Waals surface area contributed by atoms with E-state index in [9.17, 15) is 18.0 Å². The molecule has 2 N–H and O–H groups in total. The molecule has 1 atom stereocenters. The highest BCUT2D eigenvalue weighted by Gasteiger charge is 2.30. The van der Waals surface area contributed by atoms with E-state index in [0.29, 0.717) is 48.9 Å². The van der Waals surface area contributed by atoms with Crippen LogP contribution >= 0.6 is 11.6 Å². The number of aromatic nitrogens is 1. The molecule has 2 amide bonds. The molecule has 0 aliphatic carbocycles. The lowest BCUT2D eigenvalue weighted by Gasteiger charge is -2.38. The van der Waals surface area contributed by atoms with E-state index in [-0.39, 0.29) is 11.8 Å². The summed E-state index contributed by atoms with van der Waals surface area (Å²) in [6.45, 7) is 1.87. The van der Waals surface area contributed by atoms with Gasteiger partial charge in [0.05, 0.1) is 23.2 Å². The minimum Gasteiger partial charge on any atom is -0.366 e. The van der Waals surface area contributed by atoms with Crippen molar-refractivity contribution >= 4 is 44.8 Å². The van der Waals surface area contributed by atoms with Crippen molar-refractivity contribution in [2.24, 2.45) is 0 Å². The van der Waals surface area contributed by atoms with E-state index in [0.717, 1.165) is 17.5 Å². The van der Waals surface area contributed by atoms with Crippen molar-refractivity contribution in [2.75, 3.05) is 42.1 Å². The van der Waals surface area contributed by atoms with E-state index in [4.69, 9.17) is 11.6 Å². The van der Waals surface area contributed by atoms with Gasteiger partial charge in [0.25, 0.3) is 5.91 Å². The zero-order valence-corrected chi connectivity index (χ0v) is 21.9. The van der Waals surface area contributed by atoms with Gasteiger partial charge in [0, 0.05) is 50.0 Å². The number of pyridine rings is 1. The number of benzene rings is 2. The van der Waals surface area contributed by atoms with E-state index in [1.807, 2.05) is 29.2 Å². The fourth-order valence-corrected chi connectivity index (χ4v) is 4.92. The number of hydrogen-bond donors (Lipinski definition) is 2. The van der Waals surface area contributed by atoms with Crippen molar-refractivity contribution in [1.29, 1.82) is 0 Å². The van der Waals surface area contributed by atoms with Crippen LogP contribution in [0.25, 0.3) is 0 Å². The molecule has 4 rings (SSSR count). The monoisotopic (exact) mass is 541 g/mol. The lowest BCUT2D eigenvalue weighted by Crippen LogP contribution is -2.55. The van der Waals surface area contributed by atoms with Crippen molar-refractivity contribution in [3.8, 4) is 0 Å². The smallest absolute Gasteiger partial charge is 0.253 e. The van der Waals surface area contributed by atoms with Crippen molar-refractivity contribution in [3.63, 3.8) is 0 Å². The zero-order valence-electron chi connectivity index (χ0n) is 20.3. The van der Waals surface area contributed by atoms with Gasteiger partial charge in [0.2, 0.25) is 15.9 Å². The second-order valence-corrected chi connectivity index (χ2v) is 11.0. The Kier molecular flexibility index (Phi) is 8.30. The standard InChI is InChI=1S/C26H28ClN5O4S/c1-37(35,36)30-22-6-2-3-7-24(22)31-13-15-32(16-14-31)26(34)23(17-19-8-10-21(27)11-9-19)29-25(33)20-5-4-12-28-18-20/h2-12,18,23,30H,13-17H2,1H3,(H,29,33)/t23-/m1/s1. The number of halogens is 1. The average molecular weight is 542 g/mol. The number of rotatable bonds is 8. The van der Waals surface area contributed by atoms with E-state index < -0.39 is 16.1 Å². The fourth-order valence-electron chi connectivity index (χ4n) is 4.22. The van der Waals surface area contributed by atoms with Crippen LogP contribution in [0.5, 0.6) is 0 Å². The first-order chi connectivity index (χ1) is 17.7. The van der Waals surface area contributed by atoms with Crippen LogP contribution in [0.4, 0.5) is 11.4 Å². The SMILES string of the molecule is CS(=O)(=O)Nc1ccccc1N1CCN(C(=O)[C@@H](Cc2ccc(Cl)cc2)NC(=O)c2cccnc2)CC1. The molecular weight excluding hydrogens is 514 g/mol. The van der Waals surface area contributed by atoms with E-state index in [2.05, 4.69) is 15.0 Å². The predicted molar refractivity (Wildman–Crippen MR) is 144 cm³/mol. The number of hydrogen-bond acceptors (Lipinski definition) is 6. The molecule has 0 radical (unpaired) electrons. The Balaban J connectivity index is 1.48. The number of piperazine rings is 1. The van der Waals surface area contributed by atoms with Crippen LogP contribution in [0.1, 0.15) is 15.9 Å². The van der Waals surface area contributed by atoms with Crippen LogP contribution < -0.4 is 14.9 Å². The topological polar surface area (TPSA) is 112 Å². The minimum atomic E-state index is -3.43. The highest BCUT2D eigenvalue weighted by Crippen LogP contribution is 2.27. The number of nitrogens with one attached hydrogen (secondary N) is 2. The molecule has 11 heteroatoms. The molecule has 9 nitrogen and oxygen atoms in total. The van der Waals surface area contributed by atoms with E-state index in [1.54, 1.807) is 47.5 Å². The summed E-state index contributed by atoms with van der Waals surface area (Å²) in [4.78, 5) is 34.2. The van der Waals surface area contributed by atoms with Gasteiger partial charge >= 0.3 is 0 Å². The van der Waals surface area contributed by atoms with Crippen LogP contribution in [-0.2, 0) is 21.2 Å². The van der Waals surface area contributed by atoms with Gasteiger partial charge < -0.3 is 15.1 Å². The molecule has 0 spiro atoms. The number of sulfonamides is 1. The lowest BCUT2D eigenvalue weighted by atomic mass is 10.0. The summed E-state index contributed by atoms with van der Waals surface area (Å²) in [6.07, 6.45) is 4.46. The first-order valence-electron chi connectivity index (χ1n) is 11.8.